The molecule has 1 saturated carbocycles. The van der Waals surface area contributed by atoms with Crippen LogP contribution in [0.2, 0.25) is 15.1 Å². The number of nitrogens with one attached hydrogen (secondary N) is 1. The Morgan fingerprint density at radius 3 is 2.28 bits per heavy atom. The van der Waals surface area contributed by atoms with Crippen molar-refractivity contribution in [3.05, 3.63) is 63.1 Å². The van der Waals surface area contributed by atoms with Crippen LogP contribution in [0.15, 0.2) is 42.5 Å². The van der Waals surface area contributed by atoms with E-state index in [9.17, 15) is 18.0 Å². The van der Waals surface area contributed by atoms with Crippen LogP contribution in [0.4, 0.5) is 5.69 Å². The van der Waals surface area contributed by atoms with Crippen LogP contribution in [0.1, 0.15) is 44.6 Å². The molecule has 0 spiro atoms. The standard InChI is InChI=1S/C25H30Cl3N3O4S/c1-3-22(25(33)29-18-8-4-5-9-18)30(15-17-12-13-19(26)21(28)14-17)24(32)16-31(36(2,34)35)23-11-7-6-10-20(23)27/h6-7,10-14,18,22H,3-5,8-9,15-16H2,1-2H3,(H,29,33)/t22-/m1/s1. The van der Waals surface area contributed by atoms with Crippen LogP contribution in [0.5, 0.6) is 0 Å². The molecule has 196 valence electrons. The Balaban J connectivity index is 1.95. The first-order valence-corrected chi connectivity index (χ1v) is 14.8. The van der Waals surface area contributed by atoms with E-state index in [-0.39, 0.29) is 29.2 Å². The van der Waals surface area contributed by atoms with Crippen LogP contribution in [0.25, 0.3) is 0 Å². The molecule has 1 atom stereocenters. The highest BCUT2D eigenvalue weighted by atomic mass is 35.5. The quantitative estimate of drug-likeness (QED) is 0.418. The Morgan fingerprint density at radius 2 is 1.69 bits per heavy atom. The molecule has 36 heavy (non-hydrogen) atoms. The average Bonchev–Trinajstić information content (AvgIpc) is 3.32. The minimum atomic E-state index is -3.86. The highest BCUT2D eigenvalue weighted by Gasteiger charge is 2.33. The summed E-state index contributed by atoms with van der Waals surface area (Å²) in [4.78, 5) is 28.4. The van der Waals surface area contributed by atoms with Crippen LogP contribution >= 0.6 is 34.8 Å². The molecule has 0 heterocycles. The van der Waals surface area contributed by atoms with E-state index >= 15 is 0 Å². The Kier molecular flexibility index (Phi) is 9.92. The van der Waals surface area contributed by atoms with Crippen molar-refractivity contribution in [1.29, 1.82) is 0 Å². The number of nitrogens with zero attached hydrogens (tertiary/aromatic N) is 2. The number of anilines is 1. The number of benzene rings is 2. The van der Waals surface area contributed by atoms with E-state index < -0.39 is 28.5 Å². The summed E-state index contributed by atoms with van der Waals surface area (Å²) < 4.78 is 26.3. The van der Waals surface area contributed by atoms with Crippen LogP contribution in [0.3, 0.4) is 0 Å². The smallest absolute Gasteiger partial charge is 0.244 e. The van der Waals surface area contributed by atoms with Crippen molar-refractivity contribution in [2.75, 3.05) is 17.1 Å². The van der Waals surface area contributed by atoms with Gasteiger partial charge >= 0.3 is 0 Å². The van der Waals surface area contributed by atoms with E-state index in [1.807, 2.05) is 6.92 Å². The van der Waals surface area contributed by atoms with Gasteiger partial charge in [0.2, 0.25) is 21.8 Å². The molecule has 0 saturated heterocycles. The Bertz CT molecular complexity index is 1200. The maximum absolute atomic E-state index is 13.7. The molecular formula is C25H30Cl3N3O4S. The predicted octanol–water partition coefficient (Wildman–Crippen LogP) is 5.28. The lowest BCUT2D eigenvalue weighted by Gasteiger charge is -2.33. The van der Waals surface area contributed by atoms with Crippen molar-refractivity contribution < 1.29 is 18.0 Å². The second kappa shape index (κ2) is 12.5. The number of halogens is 3. The molecule has 1 aliphatic carbocycles. The molecule has 2 aromatic rings. The molecule has 1 N–H and O–H groups in total. The topological polar surface area (TPSA) is 86.8 Å². The van der Waals surface area contributed by atoms with Gasteiger partial charge in [-0.05, 0) is 49.1 Å². The average molecular weight is 575 g/mol. The van der Waals surface area contributed by atoms with E-state index in [1.165, 1.54) is 11.0 Å². The number of para-hydroxylation sites is 1. The van der Waals surface area contributed by atoms with Gasteiger partial charge in [-0.15, -0.1) is 0 Å². The summed E-state index contributed by atoms with van der Waals surface area (Å²) in [5, 5.41) is 3.94. The minimum Gasteiger partial charge on any atom is -0.352 e. The van der Waals surface area contributed by atoms with Crippen LogP contribution in [0, 0.1) is 0 Å². The molecule has 0 aromatic heterocycles. The van der Waals surface area contributed by atoms with Gasteiger partial charge in [-0.1, -0.05) is 72.8 Å². The molecule has 1 fully saturated rings. The minimum absolute atomic E-state index is 0.0481. The number of carbonyl (C=O) groups is 2. The normalized spacial score (nSPS) is 14.9. The maximum atomic E-state index is 13.7. The van der Waals surface area contributed by atoms with Crippen molar-refractivity contribution >= 4 is 62.3 Å². The first-order chi connectivity index (χ1) is 17.0. The molecule has 11 heteroatoms. The molecule has 7 nitrogen and oxygen atoms in total. The molecule has 2 amide bonds. The highest BCUT2D eigenvalue weighted by molar-refractivity contribution is 7.92. The third kappa shape index (κ3) is 7.28. The van der Waals surface area contributed by atoms with Crippen molar-refractivity contribution in [3.63, 3.8) is 0 Å². The molecule has 3 rings (SSSR count). The summed E-state index contributed by atoms with van der Waals surface area (Å²) in [6.45, 7) is 1.35. The number of sulfonamides is 1. The van der Waals surface area contributed by atoms with Crippen LogP contribution < -0.4 is 9.62 Å². The van der Waals surface area contributed by atoms with Gasteiger partial charge in [-0.2, -0.15) is 0 Å². The number of carbonyl (C=O) groups excluding carboxylic acids is 2. The van der Waals surface area contributed by atoms with Crippen LogP contribution in [-0.2, 0) is 26.2 Å². The van der Waals surface area contributed by atoms with Gasteiger partial charge in [0.25, 0.3) is 0 Å². The molecule has 0 radical (unpaired) electrons. The maximum Gasteiger partial charge on any atom is 0.244 e. The van der Waals surface area contributed by atoms with E-state index in [0.717, 1.165) is 36.2 Å². The van der Waals surface area contributed by atoms with Gasteiger partial charge < -0.3 is 10.2 Å². The Morgan fingerprint density at radius 1 is 1.03 bits per heavy atom. The fourth-order valence-corrected chi connectivity index (χ4v) is 5.84. The molecule has 1 aliphatic rings. The summed E-state index contributed by atoms with van der Waals surface area (Å²) in [6, 6.07) is 10.6. The summed E-state index contributed by atoms with van der Waals surface area (Å²) in [5.41, 5.74) is 0.849. The first kappa shape index (κ1) is 28.6. The fourth-order valence-electron chi connectivity index (χ4n) is 4.37. The van der Waals surface area contributed by atoms with Gasteiger partial charge in [0.15, 0.2) is 0 Å². The number of hydrogen-bond acceptors (Lipinski definition) is 4. The van der Waals surface area contributed by atoms with Gasteiger partial charge in [-0.3, -0.25) is 13.9 Å². The zero-order valence-corrected chi connectivity index (χ0v) is 23.3. The second-order valence-electron chi connectivity index (χ2n) is 8.91. The monoisotopic (exact) mass is 573 g/mol. The van der Waals surface area contributed by atoms with Gasteiger partial charge in [0.1, 0.15) is 12.6 Å². The van der Waals surface area contributed by atoms with Gasteiger partial charge in [0.05, 0.1) is 27.0 Å². The summed E-state index contributed by atoms with van der Waals surface area (Å²) in [5.74, 6) is -0.804. The summed E-state index contributed by atoms with van der Waals surface area (Å²) >= 11 is 18.5. The molecule has 0 bridgehead atoms. The molecule has 0 unspecified atom stereocenters. The number of amides is 2. The molecular weight excluding hydrogens is 545 g/mol. The van der Waals surface area contributed by atoms with E-state index in [2.05, 4.69) is 5.32 Å². The van der Waals surface area contributed by atoms with Gasteiger partial charge in [0, 0.05) is 12.6 Å². The lowest BCUT2D eigenvalue weighted by atomic mass is 10.1. The summed E-state index contributed by atoms with van der Waals surface area (Å²) in [7, 11) is -3.86. The van der Waals surface area contributed by atoms with Crippen LogP contribution in [-0.4, -0.2) is 50.0 Å². The van der Waals surface area contributed by atoms with Crippen molar-refractivity contribution in [2.24, 2.45) is 0 Å². The molecule has 2 aromatic carbocycles. The second-order valence-corrected chi connectivity index (χ2v) is 12.0. The van der Waals surface area contributed by atoms with E-state index in [1.54, 1.807) is 36.4 Å². The third-order valence-electron chi connectivity index (χ3n) is 6.22. The van der Waals surface area contributed by atoms with E-state index in [0.29, 0.717) is 22.0 Å². The number of hydrogen-bond donors (Lipinski definition) is 1. The van der Waals surface area contributed by atoms with E-state index in [4.69, 9.17) is 34.8 Å². The van der Waals surface area contributed by atoms with Crippen molar-refractivity contribution in [1.82, 2.24) is 10.2 Å². The zero-order valence-electron chi connectivity index (χ0n) is 20.2. The third-order valence-corrected chi connectivity index (χ3v) is 8.41. The Labute approximate surface area is 227 Å². The van der Waals surface area contributed by atoms with Gasteiger partial charge in [-0.25, -0.2) is 8.42 Å². The Hall–Kier alpha value is -2.00. The largest absolute Gasteiger partial charge is 0.352 e. The zero-order chi connectivity index (χ0) is 26.5. The fraction of sp³-hybridized carbons (Fsp3) is 0.440. The first-order valence-electron chi connectivity index (χ1n) is 11.8. The van der Waals surface area contributed by atoms with Crippen molar-refractivity contribution in [2.45, 2.75) is 57.7 Å². The lowest BCUT2D eigenvalue weighted by molar-refractivity contribution is -0.140. The lowest BCUT2D eigenvalue weighted by Crippen LogP contribution is -2.53. The predicted molar refractivity (Wildman–Crippen MR) is 145 cm³/mol. The highest BCUT2D eigenvalue weighted by Crippen LogP contribution is 2.28. The van der Waals surface area contributed by atoms with Crippen molar-refractivity contribution in [3.8, 4) is 0 Å². The molecule has 0 aliphatic heterocycles. The SMILES string of the molecule is CC[C@H](C(=O)NC1CCCC1)N(Cc1ccc(Cl)c(Cl)c1)C(=O)CN(c1ccccc1Cl)S(C)(=O)=O. The summed E-state index contributed by atoms with van der Waals surface area (Å²) in [6.07, 6.45) is 5.26. The number of rotatable bonds is 10.